The molecule has 0 amide bonds. The Morgan fingerprint density at radius 3 is 3.00 bits per heavy atom. The molecule has 1 aliphatic carbocycles. The second-order valence-corrected chi connectivity index (χ2v) is 3.57. The van der Waals surface area contributed by atoms with Crippen molar-refractivity contribution in [1.29, 1.82) is 0 Å². The summed E-state index contributed by atoms with van der Waals surface area (Å²) in [6, 6.07) is 0. The van der Waals surface area contributed by atoms with Crippen molar-refractivity contribution in [2.24, 2.45) is 11.8 Å². The van der Waals surface area contributed by atoms with E-state index in [-0.39, 0.29) is 12.7 Å². The van der Waals surface area contributed by atoms with Crippen LogP contribution in [0.3, 0.4) is 0 Å². The first-order chi connectivity index (χ1) is 7.35. The fourth-order valence-corrected chi connectivity index (χ4v) is 1.51. The number of hydrogen-bond donors (Lipinski definition) is 1. The van der Waals surface area contributed by atoms with Gasteiger partial charge in [0.25, 0.3) is 5.89 Å². The second kappa shape index (κ2) is 4.69. The maximum Gasteiger partial charge on any atom is 0.254 e. The fourth-order valence-electron chi connectivity index (χ4n) is 1.51. The summed E-state index contributed by atoms with van der Waals surface area (Å²) in [6.07, 6.45) is 2.30. The Labute approximate surface area is 87.7 Å². The lowest BCUT2D eigenvalue weighted by atomic mass is 10.2. The molecule has 1 saturated carbocycles. The lowest BCUT2D eigenvalue weighted by molar-refractivity contribution is 0.0384. The Balaban J connectivity index is 2.04. The van der Waals surface area contributed by atoms with Gasteiger partial charge in [0.2, 0.25) is 5.82 Å². The van der Waals surface area contributed by atoms with Gasteiger partial charge in [-0.2, -0.15) is 4.98 Å². The van der Waals surface area contributed by atoms with Crippen LogP contribution in [-0.2, 0) is 16.2 Å². The van der Waals surface area contributed by atoms with Crippen molar-refractivity contribution in [1.82, 2.24) is 10.1 Å². The Morgan fingerprint density at radius 2 is 2.40 bits per heavy atom. The van der Waals surface area contributed by atoms with E-state index in [2.05, 4.69) is 15.0 Å². The monoisotopic (exact) mass is 213 g/mol. The number of nitrogens with two attached hydrogens (primary N) is 1. The third-order valence-corrected chi connectivity index (χ3v) is 2.34. The summed E-state index contributed by atoms with van der Waals surface area (Å²) >= 11 is 0. The molecule has 1 aromatic rings. The van der Waals surface area contributed by atoms with E-state index in [0.29, 0.717) is 24.2 Å². The summed E-state index contributed by atoms with van der Waals surface area (Å²) < 4.78 is 10.6. The largest absolute Gasteiger partial charge is 0.370 e. The minimum Gasteiger partial charge on any atom is -0.370 e. The SMILES string of the molecule is CCOC(c1noc(CON)n1)C1CC1. The van der Waals surface area contributed by atoms with Gasteiger partial charge in [0.05, 0.1) is 0 Å². The molecule has 0 spiro atoms. The first-order valence-electron chi connectivity index (χ1n) is 5.11. The van der Waals surface area contributed by atoms with Crippen LogP contribution in [0.15, 0.2) is 4.52 Å². The van der Waals surface area contributed by atoms with Gasteiger partial charge in [-0.05, 0) is 25.7 Å². The highest BCUT2D eigenvalue weighted by atomic mass is 16.6. The molecule has 0 radical (unpaired) electrons. The van der Waals surface area contributed by atoms with E-state index >= 15 is 0 Å². The highest BCUT2D eigenvalue weighted by molar-refractivity contribution is 4.97. The van der Waals surface area contributed by atoms with E-state index in [0.717, 1.165) is 0 Å². The molecule has 1 aliphatic rings. The average molecular weight is 213 g/mol. The maximum atomic E-state index is 5.59. The quantitative estimate of drug-likeness (QED) is 0.708. The lowest BCUT2D eigenvalue weighted by Gasteiger charge is -2.10. The van der Waals surface area contributed by atoms with Crippen molar-refractivity contribution in [2.75, 3.05) is 6.61 Å². The zero-order valence-electron chi connectivity index (χ0n) is 8.68. The molecule has 1 fully saturated rings. The van der Waals surface area contributed by atoms with Crippen LogP contribution in [0.1, 0.15) is 37.6 Å². The van der Waals surface area contributed by atoms with E-state index in [1.807, 2.05) is 6.92 Å². The molecule has 15 heavy (non-hydrogen) atoms. The predicted octanol–water partition coefficient (Wildman–Crippen LogP) is 0.948. The lowest BCUT2D eigenvalue weighted by Crippen LogP contribution is -2.08. The van der Waals surface area contributed by atoms with Crippen LogP contribution in [0.25, 0.3) is 0 Å². The Bertz CT molecular complexity index is 311. The summed E-state index contributed by atoms with van der Waals surface area (Å²) in [5.74, 6) is 6.44. The number of ether oxygens (including phenoxy) is 1. The van der Waals surface area contributed by atoms with Crippen LogP contribution in [0.4, 0.5) is 0 Å². The van der Waals surface area contributed by atoms with E-state index in [1.165, 1.54) is 12.8 Å². The zero-order valence-corrected chi connectivity index (χ0v) is 8.68. The fraction of sp³-hybridized carbons (Fsp3) is 0.778. The van der Waals surface area contributed by atoms with Crippen molar-refractivity contribution in [3.05, 3.63) is 11.7 Å². The molecule has 2 rings (SSSR count). The smallest absolute Gasteiger partial charge is 0.254 e. The summed E-state index contributed by atoms with van der Waals surface area (Å²) in [7, 11) is 0. The third kappa shape index (κ3) is 2.53. The van der Waals surface area contributed by atoms with Gasteiger partial charge in [0.15, 0.2) is 0 Å². The van der Waals surface area contributed by atoms with Gasteiger partial charge >= 0.3 is 0 Å². The molecule has 0 bridgehead atoms. The van der Waals surface area contributed by atoms with Crippen LogP contribution in [-0.4, -0.2) is 16.7 Å². The molecule has 0 aliphatic heterocycles. The molecule has 84 valence electrons. The van der Waals surface area contributed by atoms with Gasteiger partial charge in [-0.25, -0.2) is 5.90 Å². The van der Waals surface area contributed by atoms with E-state index < -0.39 is 0 Å². The molecule has 0 aromatic carbocycles. The summed E-state index contributed by atoms with van der Waals surface area (Å²) in [5.41, 5.74) is 0. The van der Waals surface area contributed by atoms with Gasteiger partial charge in [-0.15, -0.1) is 0 Å². The second-order valence-electron chi connectivity index (χ2n) is 3.57. The molecule has 1 aromatic heterocycles. The highest BCUT2D eigenvalue weighted by Crippen LogP contribution is 2.42. The molecule has 2 N–H and O–H groups in total. The molecular weight excluding hydrogens is 198 g/mol. The van der Waals surface area contributed by atoms with Crippen LogP contribution < -0.4 is 5.90 Å². The molecule has 1 heterocycles. The minimum atomic E-state index is -0.0368. The Kier molecular flexibility index (Phi) is 3.30. The molecular formula is C9H15N3O3. The molecule has 6 heteroatoms. The normalized spacial score (nSPS) is 18.0. The zero-order chi connectivity index (χ0) is 10.7. The van der Waals surface area contributed by atoms with Crippen molar-refractivity contribution < 1.29 is 14.1 Å². The van der Waals surface area contributed by atoms with Crippen LogP contribution in [0.5, 0.6) is 0 Å². The predicted molar refractivity (Wildman–Crippen MR) is 50.4 cm³/mol. The summed E-state index contributed by atoms with van der Waals surface area (Å²) in [4.78, 5) is 8.59. The minimum absolute atomic E-state index is 0.0368. The highest BCUT2D eigenvalue weighted by Gasteiger charge is 2.36. The molecule has 0 saturated heterocycles. The number of rotatable bonds is 6. The third-order valence-electron chi connectivity index (χ3n) is 2.34. The maximum absolute atomic E-state index is 5.59. The van der Waals surface area contributed by atoms with Gasteiger partial charge in [-0.1, -0.05) is 5.16 Å². The van der Waals surface area contributed by atoms with Crippen molar-refractivity contribution in [3.8, 4) is 0 Å². The van der Waals surface area contributed by atoms with Crippen LogP contribution >= 0.6 is 0 Å². The van der Waals surface area contributed by atoms with Crippen LogP contribution in [0.2, 0.25) is 0 Å². The number of hydrogen-bond acceptors (Lipinski definition) is 6. The first-order valence-corrected chi connectivity index (χ1v) is 5.11. The number of nitrogens with zero attached hydrogens (tertiary/aromatic N) is 2. The van der Waals surface area contributed by atoms with Crippen molar-refractivity contribution in [2.45, 2.75) is 32.5 Å². The van der Waals surface area contributed by atoms with Gasteiger partial charge in [-0.3, -0.25) is 4.84 Å². The van der Waals surface area contributed by atoms with E-state index in [9.17, 15) is 0 Å². The van der Waals surface area contributed by atoms with Gasteiger partial charge in [0.1, 0.15) is 12.7 Å². The number of aromatic nitrogens is 2. The van der Waals surface area contributed by atoms with Crippen molar-refractivity contribution >= 4 is 0 Å². The summed E-state index contributed by atoms with van der Waals surface area (Å²) in [5, 5.41) is 3.87. The standard InChI is InChI=1S/C9H15N3O3/c1-2-13-8(6-3-4-6)9-11-7(5-14-10)15-12-9/h6,8H,2-5,10H2,1H3. The molecule has 1 atom stereocenters. The summed E-state index contributed by atoms with van der Waals surface area (Å²) in [6.45, 7) is 2.74. The average Bonchev–Trinajstić information content (AvgIpc) is 2.96. The topological polar surface area (TPSA) is 83.4 Å². The van der Waals surface area contributed by atoms with Crippen molar-refractivity contribution in [3.63, 3.8) is 0 Å². The van der Waals surface area contributed by atoms with Gasteiger partial charge < -0.3 is 9.26 Å². The van der Waals surface area contributed by atoms with Crippen LogP contribution in [0, 0.1) is 5.92 Å². The van der Waals surface area contributed by atoms with Gasteiger partial charge in [0, 0.05) is 6.61 Å². The first kappa shape index (κ1) is 10.5. The Hall–Kier alpha value is -0.980. The van der Waals surface area contributed by atoms with E-state index in [4.69, 9.17) is 15.2 Å². The Morgan fingerprint density at radius 1 is 1.60 bits per heavy atom. The molecule has 6 nitrogen and oxygen atoms in total. The van der Waals surface area contributed by atoms with E-state index in [1.54, 1.807) is 0 Å². The molecule has 1 unspecified atom stereocenters.